The van der Waals surface area contributed by atoms with Crippen LogP contribution in [-0.2, 0) is 29.6 Å². The van der Waals surface area contributed by atoms with Crippen LogP contribution in [-0.4, -0.2) is 92.1 Å². The minimum absolute atomic E-state index is 0. The molecule has 3 fully saturated rings. The van der Waals surface area contributed by atoms with E-state index in [1.807, 2.05) is 95.9 Å². The van der Waals surface area contributed by atoms with Gasteiger partial charge in [0.05, 0.1) is 0 Å². The molecule has 5 heterocycles. The number of piperidine rings is 1. The number of benzene rings is 3. The number of aliphatic carboxylic acids is 1. The minimum Gasteiger partial charge on any atom is -0.477 e. The van der Waals surface area contributed by atoms with Crippen molar-refractivity contribution in [3.05, 3.63) is 142 Å². The molecule has 8 rings (SSSR count). The van der Waals surface area contributed by atoms with Gasteiger partial charge in [-0.1, -0.05) is 96.2 Å². The van der Waals surface area contributed by atoms with Gasteiger partial charge in [-0.2, -0.15) is 0 Å². The third-order valence-corrected chi connectivity index (χ3v) is 12.5. The molecule has 1 aromatic heterocycles. The van der Waals surface area contributed by atoms with E-state index in [0.29, 0.717) is 24.1 Å². The first-order chi connectivity index (χ1) is 27.3. The van der Waals surface area contributed by atoms with Crippen molar-refractivity contribution in [2.24, 2.45) is 5.16 Å². The highest BCUT2D eigenvalue weighted by atomic mass is 35.5. The molecule has 0 radical (unpaired) electrons. The number of carbonyl (C=O) groups excluding carboxylic acids is 3. The minimum atomic E-state index is -1.31. The molecule has 0 bridgehead atoms. The fraction of sp³-hybridized carbons (Fsp3) is 0.268. The molecule has 4 aliphatic heterocycles. The monoisotopic (exact) mass is 825 g/mol. The smallest absolute Gasteiger partial charge is 0.352 e. The number of hydrogen-bond acceptors (Lipinski definition) is 11. The fourth-order valence-corrected chi connectivity index (χ4v) is 9.65. The van der Waals surface area contributed by atoms with Gasteiger partial charge < -0.3 is 31.2 Å². The first-order valence-corrected chi connectivity index (χ1v) is 20.3. The van der Waals surface area contributed by atoms with Gasteiger partial charge in [0, 0.05) is 46.0 Å². The Morgan fingerprint density at radius 2 is 1.56 bits per heavy atom. The van der Waals surface area contributed by atoms with Crippen LogP contribution in [0.4, 0.5) is 5.13 Å². The molecule has 2 atom stereocenters. The van der Waals surface area contributed by atoms with Gasteiger partial charge in [-0.15, -0.1) is 35.5 Å². The second-order valence-corrected chi connectivity index (χ2v) is 15.8. The van der Waals surface area contributed by atoms with E-state index in [1.165, 1.54) is 16.7 Å². The number of rotatable bonds is 11. The van der Waals surface area contributed by atoms with Crippen LogP contribution < -0.4 is 16.4 Å². The lowest BCUT2D eigenvalue weighted by molar-refractivity contribution is -0.150. The van der Waals surface area contributed by atoms with Crippen LogP contribution in [0.1, 0.15) is 41.6 Å². The lowest BCUT2D eigenvalue weighted by Crippen LogP contribution is -2.71. The Morgan fingerprint density at radius 1 is 0.965 bits per heavy atom. The average Bonchev–Trinajstić information content (AvgIpc) is 3.83. The topological polar surface area (TPSA) is 180 Å². The highest BCUT2D eigenvalue weighted by Gasteiger charge is 2.54. The van der Waals surface area contributed by atoms with Gasteiger partial charge in [0.2, 0.25) is 11.5 Å². The maximum atomic E-state index is 14.2. The molecule has 13 nitrogen and oxygen atoms in total. The van der Waals surface area contributed by atoms with Crippen molar-refractivity contribution in [2.45, 2.75) is 42.3 Å². The second-order valence-electron chi connectivity index (χ2n) is 13.8. The highest BCUT2D eigenvalue weighted by molar-refractivity contribution is 8.00. The molecule has 0 spiro atoms. The Kier molecular flexibility index (Phi) is 11.8. The van der Waals surface area contributed by atoms with Crippen molar-refractivity contribution in [3.8, 4) is 0 Å². The van der Waals surface area contributed by atoms with Crippen molar-refractivity contribution in [3.63, 3.8) is 0 Å². The molecule has 0 saturated carbocycles. The van der Waals surface area contributed by atoms with E-state index in [-0.39, 0.29) is 52.3 Å². The zero-order valence-corrected chi connectivity index (χ0v) is 33.0. The van der Waals surface area contributed by atoms with Crippen molar-refractivity contribution in [1.82, 2.24) is 25.4 Å². The molecule has 3 amide bonds. The highest BCUT2D eigenvalue weighted by Crippen LogP contribution is 2.43. The van der Waals surface area contributed by atoms with Gasteiger partial charge in [-0.25, -0.2) is 9.78 Å². The van der Waals surface area contributed by atoms with Gasteiger partial charge in [-0.05, 0) is 44.0 Å². The number of likely N-dealkylation sites (tertiary alicyclic amines) is 1. The number of hydrogen-bond donors (Lipinski definition) is 4. The van der Waals surface area contributed by atoms with Gasteiger partial charge in [0.1, 0.15) is 22.8 Å². The molecule has 4 aliphatic rings. The predicted molar refractivity (Wildman–Crippen MR) is 221 cm³/mol. The molecule has 3 saturated heterocycles. The number of allylic oxidation sites excluding steroid dienone is 1. The number of nitrogens with two attached hydrogens (primary N) is 1. The van der Waals surface area contributed by atoms with Crippen molar-refractivity contribution in [1.29, 1.82) is 0 Å². The van der Waals surface area contributed by atoms with E-state index in [9.17, 15) is 24.3 Å². The number of carboxylic acid groups (broad SMARTS) is 1. The van der Waals surface area contributed by atoms with E-state index < -0.39 is 34.8 Å². The summed E-state index contributed by atoms with van der Waals surface area (Å²) in [6.45, 7) is 2.28. The maximum Gasteiger partial charge on any atom is 0.352 e. The molecular weight excluding hydrogens is 786 g/mol. The average molecular weight is 826 g/mol. The zero-order chi connectivity index (χ0) is 38.8. The number of oxime groups is 1. The third-order valence-electron chi connectivity index (χ3n) is 10.5. The second kappa shape index (κ2) is 16.9. The molecule has 294 valence electrons. The van der Waals surface area contributed by atoms with Crippen LogP contribution in [0.3, 0.4) is 0 Å². The van der Waals surface area contributed by atoms with Crippen molar-refractivity contribution in [2.75, 3.05) is 31.1 Å². The van der Waals surface area contributed by atoms with Crippen molar-refractivity contribution >= 4 is 70.0 Å². The van der Waals surface area contributed by atoms with Gasteiger partial charge in [0.15, 0.2) is 10.8 Å². The number of carbonyl (C=O) groups is 4. The summed E-state index contributed by atoms with van der Waals surface area (Å²) in [6, 6.07) is 27.7. The summed E-state index contributed by atoms with van der Waals surface area (Å²) in [4.78, 5) is 68.1. The van der Waals surface area contributed by atoms with E-state index in [1.54, 1.807) is 11.5 Å². The third kappa shape index (κ3) is 7.55. The summed E-state index contributed by atoms with van der Waals surface area (Å²) in [6.07, 6.45) is 3.89. The molecule has 4 aromatic rings. The summed E-state index contributed by atoms with van der Waals surface area (Å²) in [5.74, 6) is -2.49. The van der Waals surface area contributed by atoms with Crippen LogP contribution >= 0.6 is 35.5 Å². The quantitative estimate of drug-likeness (QED) is 0.0553. The summed E-state index contributed by atoms with van der Waals surface area (Å²) in [7, 11) is 0. The lowest BCUT2D eigenvalue weighted by atomic mass is 9.80. The zero-order valence-electron chi connectivity index (χ0n) is 30.6. The summed E-state index contributed by atoms with van der Waals surface area (Å²) in [5.41, 5.74) is 7.62. The van der Waals surface area contributed by atoms with Crippen molar-refractivity contribution < 1.29 is 29.1 Å². The van der Waals surface area contributed by atoms with Crippen LogP contribution in [0.5, 0.6) is 0 Å². The normalized spacial score (nSPS) is 20.8. The molecular formula is C41H40ClN7O6S2. The Labute approximate surface area is 343 Å². The van der Waals surface area contributed by atoms with Gasteiger partial charge >= 0.3 is 5.97 Å². The Bertz CT molecular complexity index is 2150. The number of amides is 3. The molecule has 5 N–H and O–H groups in total. The Hall–Kier alpha value is -5.48. The number of nitrogen functional groups attached to an aromatic ring is 1. The number of thiazole rings is 1. The number of aromatic nitrogens is 1. The van der Waals surface area contributed by atoms with E-state index in [2.05, 4.69) is 20.8 Å². The molecule has 3 aromatic carbocycles. The first-order valence-electron chi connectivity index (χ1n) is 18.3. The Morgan fingerprint density at radius 3 is 2.11 bits per heavy atom. The van der Waals surface area contributed by atoms with Crippen LogP contribution in [0.2, 0.25) is 0 Å². The number of anilines is 1. The van der Waals surface area contributed by atoms with Crippen LogP contribution in [0, 0.1) is 0 Å². The van der Waals surface area contributed by atoms with E-state index in [4.69, 9.17) is 10.6 Å². The number of β-lactam (4-membered cyclic amide) rings is 1. The largest absolute Gasteiger partial charge is 0.477 e. The fourth-order valence-electron chi connectivity index (χ4n) is 7.80. The standard InChI is InChI=1S/C41H39N7O6S2.ClH/c42-40-44-31(24-56-40)32(46-54-41(27-10-4-1-5-11-27,28-12-6-2-7-13-28)29-14-8-3-9-15-29)35(49)45-33-37(51)48-34(39(52)53)26(23-55-38(33)48)22-25-18-21-47(36(25)50)30-16-19-43-20-17-30;/h1-15,22,24,30,33,38,43H,16-21,23H2,(H2,42,44)(H,45,49)(H,52,53);1H/b25-22+,46-32-;/t33-,38-;/m1./s1. The number of nitrogens with zero attached hydrogens (tertiary/aromatic N) is 4. The van der Waals surface area contributed by atoms with Crippen LogP contribution in [0.25, 0.3) is 0 Å². The maximum absolute atomic E-state index is 14.2. The number of carboxylic acids is 1. The number of nitrogens with one attached hydrogen (secondary N) is 2. The number of thioether (sulfide) groups is 1. The summed E-state index contributed by atoms with van der Waals surface area (Å²) < 4.78 is 0. The number of fused-ring (bicyclic) bond motifs is 1. The first kappa shape index (κ1) is 39.7. The Balaban J connectivity index is 0.00000496. The summed E-state index contributed by atoms with van der Waals surface area (Å²) in [5, 5.41) is 22.1. The summed E-state index contributed by atoms with van der Waals surface area (Å²) >= 11 is 2.44. The van der Waals surface area contributed by atoms with Gasteiger partial charge in [-0.3, -0.25) is 19.3 Å². The molecule has 0 unspecified atom stereocenters. The van der Waals surface area contributed by atoms with E-state index >= 15 is 0 Å². The molecule has 57 heavy (non-hydrogen) atoms. The predicted octanol–water partition coefficient (Wildman–Crippen LogP) is 4.51. The lowest BCUT2D eigenvalue weighted by Gasteiger charge is -2.49. The van der Waals surface area contributed by atoms with Crippen LogP contribution in [0.15, 0.2) is 124 Å². The van der Waals surface area contributed by atoms with E-state index in [0.717, 1.165) is 54.0 Å². The van der Waals surface area contributed by atoms with Gasteiger partial charge in [0.25, 0.3) is 11.8 Å². The number of halogens is 1. The SMILES string of the molecule is Cl.Nc1nc(/C(=N/OC(c2ccccc2)(c2ccccc2)c2ccccc2)C(=O)N[C@@H]2C(=O)N3C(C(=O)O)=C(/C=C4\CCN(C5CCNCC5)C4=O)CS[C@H]23)cs1. The molecule has 16 heteroatoms. The molecule has 0 aliphatic carbocycles.